The van der Waals surface area contributed by atoms with Crippen LogP contribution < -0.4 is 5.32 Å². The van der Waals surface area contributed by atoms with E-state index in [2.05, 4.69) is 10.3 Å². The first-order chi connectivity index (χ1) is 9.22. The monoisotopic (exact) mass is 253 g/mol. The number of hydrogen-bond acceptors (Lipinski definition) is 3. The van der Waals surface area contributed by atoms with Gasteiger partial charge >= 0.3 is 0 Å². The van der Waals surface area contributed by atoms with Crippen LogP contribution in [0.4, 0.5) is 5.69 Å². The molecule has 0 atom stereocenters. The molecule has 1 aromatic carbocycles. The largest absolute Gasteiger partial charge is 0.508 e. The molecular formula is C14H11N3O2. The Kier molecular flexibility index (Phi) is 2.64. The summed E-state index contributed by atoms with van der Waals surface area (Å²) in [6.45, 7) is 0. The summed E-state index contributed by atoms with van der Waals surface area (Å²) in [5.41, 5.74) is 2.05. The molecule has 2 heterocycles. The van der Waals surface area contributed by atoms with Crippen LogP contribution in [0.5, 0.6) is 5.75 Å². The third-order valence-corrected chi connectivity index (χ3v) is 2.80. The number of hydrogen-bond donors (Lipinski definition) is 2. The molecule has 0 saturated heterocycles. The van der Waals surface area contributed by atoms with Gasteiger partial charge in [-0.2, -0.15) is 0 Å². The molecular weight excluding hydrogens is 242 g/mol. The number of imidazole rings is 1. The first-order valence-corrected chi connectivity index (χ1v) is 5.74. The van der Waals surface area contributed by atoms with Gasteiger partial charge in [-0.1, -0.05) is 0 Å². The number of benzene rings is 1. The molecule has 94 valence electrons. The lowest BCUT2D eigenvalue weighted by Crippen LogP contribution is -2.11. The fourth-order valence-electron chi connectivity index (χ4n) is 1.81. The molecule has 0 aliphatic carbocycles. The van der Waals surface area contributed by atoms with Crippen LogP contribution >= 0.6 is 0 Å². The lowest BCUT2D eigenvalue weighted by atomic mass is 10.2. The maximum atomic E-state index is 12.1. The van der Waals surface area contributed by atoms with Crippen molar-refractivity contribution in [1.29, 1.82) is 0 Å². The van der Waals surface area contributed by atoms with Crippen molar-refractivity contribution in [3.05, 3.63) is 60.7 Å². The van der Waals surface area contributed by atoms with Crippen molar-refractivity contribution in [2.75, 3.05) is 5.32 Å². The first kappa shape index (κ1) is 11.3. The van der Waals surface area contributed by atoms with Gasteiger partial charge in [0.1, 0.15) is 5.75 Å². The quantitative estimate of drug-likeness (QED) is 0.688. The number of rotatable bonds is 2. The molecule has 0 saturated carbocycles. The fraction of sp³-hybridized carbons (Fsp3) is 0. The predicted octanol–water partition coefficient (Wildman–Crippen LogP) is 2.29. The smallest absolute Gasteiger partial charge is 0.255 e. The second kappa shape index (κ2) is 4.45. The molecule has 5 nitrogen and oxygen atoms in total. The lowest BCUT2D eigenvalue weighted by Gasteiger charge is -2.05. The molecule has 3 rings (SSSR count). The van der Waals surface area contributed by atoms with Crippen LogP contribution in [0.3, 0.4) is 0 Å². The number of anilines is 1. The number of phenols is 1. The number of aromatic hydroxyl groups is 1. The number of fused-ring (bicyclic) bond motifs is 1. The maximum absolute atomic E-state index is 12.1. The van der Waals surface area contributed by atoms with Gasteiger partial charge in [0.2, 0.25) is 0 Å². The number of aromatic nitrogens is 2. The summed E-state index contributed by atoms with van der Waals surface area (Å²) in [7, 11) is 0. The number of carbonyl (C=O) groups excluding carboxylic acids is 1. The lowest BCUT2D eigenvalue weighted by molar-refractivity contribution is 0.102. The van der Waals surface area contributed by atoms with Gasteiger partial charge in [0.25, 0.3) is 5.91 Å². The Morgan fingerprint density at radius 2 is 2.00 bits per heavy atom. The van der Waals surface area contributed by atoms with Crippen LogP contribution in [-0.2, 0) is 0 Å². The zero-order valence-corrected chi connectivity index (χ0v) is 9.95. The van der Waals surface area contributed by atoms with Crippen LogP contribution in [-0.4, -0.2) is 20.4 Å². The van der Waals surface area contributed by atoms with Crippen molar-refractivity contribution in [1.82, 2.24) is 9.38 Å². The SMILES string of the molecule is O=C(Nc1ccc(O)cc1)c1ccn2cncc2c1. The van der Waals surface area contributed by atoms with Gasteiger partial charge in [0.05, 0.1) is 18.0 Å². The van der Waals surface area contributed by atoms with Gasteiger partial charge < -0.3 is 14.8 Å². The molecule has 0 unspecified atom stereocenters. The third kappa shape index (κ3) is 2.26. The van der Waals surface area contributed by atoms with Gasteiger partial charge in [-0.15, -0.1) is 0 Å². The van der Waals surface area contributed by atoms with Crippen molar-refractivity contribution in [3.8, 4) is 5.75 Å². The van der Waals surface area contributed by atoms with Crippen molar-refractivity contribution in [2.45, 2.75) is 0 Å². The Hall–Kier alpha value is -2.82. The second-order valence-electron chi connectivity index (χ2n) is 4.14. The molecule has 2 N–H and O–H groups in total. The standard InChI is InChI=1S/C14H11N3O2/c18-13-3-1-11(2-4-13)16-14(19)10-5-6-17-9-15-8-12(17)7-10/h1-9,18H,(H,16,19). The number of pyridine rings is 1. The minimum Gasteiger partial charge on any atom is -0.508 e. The second-order valence-corrected chi connectivity index (χ2v) is 4.14. The van der Waals surface area contributed by atoms with E-state index >= 15 is 0 Å². The van der Waals surface area contributed by atoms with Crippen molar-refractivity contribution in [2.24, 2.45) is 0 Å². The Balaban J connectivity index is 1.84. The number of phenolic OH excluding ortho intramolecular Hbond substituents is 1. The minimum absolute atomic E-state index is 0.165. The van der Waals surface area contributed by atoms with Crippen LogP contribution in [0.25, 0.3) is 5.52 Å². The van der Waals surface area contributed by atoms with Gasteiger partial charge in [-0.25, -0.2) is 4.98 Å². The average molecular weight is 253 g/mol. The highest BCUT2D eigenvalue weighted by Crippen LogP contribution is 2.15. The summed E-state index contributed by atoms with van der Waals surface area (Å²) >= 11 is 0. The number of amides is 1. The number of carbonyl (C=O) groups is 1. The molecule has 19 heavy (non-hydrogen) atoms. The molecule has 1 amide bonds. The highest BCUT2D eigenvalue weighted by atomic mass is 16.3. The van der Waals surface area contributed by atoms with E-state index in [9.17, 15) is 9.90 Å². The van der Waals surface area contributed by atoms with Crippen molar-refractivity contribution >= 4 is 17.1 Å². The zero-order chi connectivity index (χ0) is 13.2. The summed E-state index contributed by atoms with van der Waals surface area (Å²) in [5.74, 6) is -0.0342. The predicted molar refractivity (Wildman–Crippen MR) is 71.3 cm³/mol. The minimum atomic E-state index is -0.200. The van der Waals surface area contributed by atoms with Crippen LogP contribution in [0.1, 0.15) is 10.4 Å². The summed E-state index contributed by atoms with van der Waals surface area (Å²) in [4.78, 5) is 16.1. The molecule has 0 aliphatic heterocycles. The van der Waals surface area contributed by atoms with Crippen LogP contribution in [0.2, 0.25) is 0 Å². The molecule has 0 fully saturated rings. The Morgan fingerprint density at radius 1 is 1.21 bits per heavy atom. The van der Waals surface area contributed by atoms with Crippen LogP contribution in [0, 0.1) is 0 Å². The molecule has 0 bridgehead atoms. The van der Waals surface area contributed by atoms with Gasteiger partial charge in [-0.3, -0.25) is 4.79 Å². The van der Waals surface area contributed by atoms with E-state index in [1.54, 1.807) is 43.0 Å². The van der Waals surface area contributed by atoms with Gasteiger partial charge in [-0.05, 0) is 36.4 Å². The Bertz CT molecular complexity index is 732. The fourth-order valence-corrected chi connectivity index (χ4v) is 1.81. The van der Waals surface area contributed by atoms with E-state index in [1.165, 1.54) is 12.1 Å². The summed E-state index contributed by atoms with van der Waals surface area (Å²) in [6, 6.07) is 9.83. The third-order valence-electron chi connectivity index (χ3n) is 2.80. The van der Waals surface area contributed by atoms with Gasteiger partial charge in [0.15, 0.2) is 0 Å². The number of nitrogens with one attached hydrogen (secondary N) is 1. The zero-order valence-electron chi connectivity index (χ0n) is 9.95. The van der Waals surface area contributed by atoms with E-state index < -0.39 is 0 Å². The van der Waals surface area contributed by atoms with E-state index in [-0.39, 0.29) is 11.7 Å². The molecule has 5 heteroatoms. The molecule has 0 radical (unpaired) electrons. The van der Waals surface area contributed by atoms with E-state index in [0.29, 0.717) is 11.3 Å². The highest BCUT2D eigenvalue weighted by Gasteiger charge is 2.07. The molecule has 0 spiro atoms. The Labute approximate surface area is 109 Å². The van der Waals surface area contributed by atoms with Crippen molar-refractivity contribution in [3.63, 3.8) is 0 Å². The van der Waals surface area contributed by atoms with Gasteiger partial charge in [0, 0.05) is 17.4 Å². The highest BCUT2D eigenvalue weighted by molar-refractivity contribution is 6.04. The summed E-state index contributed by atoms with van der Waals surface area (Å²) in [5, 5.41) is 11.9. The van der Waals surface area contributed by atoms with E-state index in [0.717, 1.165) is 5.52 Å². The number of nitrogens with zero attached hydrogens (tertiary/aromatic N) is 2. The molecule has 3 aromatic rings. The van der Waals surface area contributed by atoms with Crippen molar-refractivity contribution < 1.29 is 9.90 Å². The van der Waals surface area contributed by atoms with E-state index in [4.69, 9.17) is 0 Å². The summed E-state index contributed by atoms with van der Waals surface area (Å²) in [6.07, 6.45) is 5.16. The topological polar surface area (TPSA) is 66.6 Å². The van der Waals surface area contributed by atoms with Crippen LogP contribution in [0.15, 0.2) is 55.1 Å². The maximum Gasteiger partial charge on any atom is 0.255 e. The Morgan fingerprint density at radius 3 is 2.79 bits per heavy atom. The normalized spacial score (nSPS) is 10.5. The molecule has 2 aromatic heterocycles. The average Bonchev–Trinajstić information content (AvgIpc) is 2.88. The summed E-state index contributed by atoms with van der Waals surface area (Å²) < 4.78 is 1.83. The first-order valence-electron chi connectivity index (χ1n) is 5.74. The molecule has 0 aliphatic rings. The van der Waals surface area contributed by atoms with E-state index in [1.807, 2.05) is 4.40 Å².